The lowest BCUT2D eigenvalue weighted by Crippen LogP contribution is -2.26. The summed E-state index contributed by atoms with van der Waals surface area (Å²) in [5.41, 5.74) is 4.22. The number of benzene rings is 3. The van der Waals surface area contributed by atoms with Gasteiger partial charge < -0.3 is 10.1 Å². The number of methoxy groups -OCH3 is 1. The summed E-state index contributed by atoms with van der Waals surface area (Å²) in [6.45, 7) is 0.611. The van der Waals surface area contributed by atoms with Gasteiger partial charge in [-0.3, -0.25) is 9.36 Å². The van der Waals surface area contributed by atoms with Gasteiger partial charge in [0.05, 0.1) is 18.1 Å². The van der Waals surface area contributed by atoms with E-state index in [1.54, 1.807) is 7.11 Å². The minimum Gasteiger partial charge on any atom is -0.497 e. The highest BCUT2D eigenvalue weighted by Crippen LogP contribution is 2.22. The zero-order chi connectivity index (χ0) is 20.8. The summed E-state index contributed by atoms with van der Waals surface area (Å²) in [7, 11) is 1.65. The molecule has 4 aromatic rings. The second kappa shape index (κ2) is 9.27. The first-order valence-electron chi connectivity index (χ1n) is 10.2. The van der Waals surface area contributed by atoms with Gasteiger partial charge in [0.2, 0.25) is 5.91 Å². The Hall–Kier alpha value is -3.60. The fourth-order valence-electron chi connectivity index (χ4n) is 3.56. The molecule has 30 heavy (non-hydrogen) atoms. The Morgan fingerprint density at radius 2 is 1.67 bits per heavy atom. The highest BCUT2D eigenvalue weighted by atomic mass is 16.5. The van der Waals surface area contributed by atoms with Crippen LogP contribution in [0.3, 0.4) is 0 Å². The second-order valence-electron chi connectivity index (χ2n) is 7.14. The molecule has 0 unspecified atom stereocenters. The standard InChI is InChI=1S/C25H25N3O2/c1-30-21-13-11-19(12-14-21)17-18-26-25(29)16-15-24-27-22-9-5-6-10-23(22)28(24)20-7-3-2-4-8-20/h2-14H,15-18H2,1H3,(H,26,29). The number of rotatable bonds is 8. The summed E-state index contributed by atoms with van der Waals surface area (Å²) >= 11 is 0. The molecule has 1 amide bonds. The molecule has 0 bridgehead atoms. The molecule has 0 aliphatic rings. The van der Waals surface area contributed by atoms with Gasteiger partial charge in [0, 0.05) is 25.1 Å². The predicted octanol–water partition coefficient (Wildman–Crippen LogP) is 4.33. The van der Waals surface area contributed by atoms with E-state index in [1.807, 2.05) is 60.7 Å². The Labute approximate surface area is 176 Å². The topological polar surface area (TPSA) is 56.1 Å². The second-order valence-corrected chi connectivity index (χ2v) is 7.14. The number of carbonyl (C=O) groups excluding carboxylic acids is 1. The summed E-state index contributed by atoms with van der Waals surface area (Å²) < 4.78 is 7.31. The van der Waals surface area contributed by atoms with Gasteiger partial charge in [0.15, 0.2) is 0 Å². The largest absolute Gasteiger partial charge is 0.497 e. The van der Waals surface area contributed by atoms with Crippen molar-refractivity contribution in [2.24, 2.45) is 0 Å². The number of nitrogens with one attached hydrogen (secondary N) is 1. The number of amides is 1. The molecule has 4 rings (SSSR count). The summed E-state index contributed by atoms with van der Waals surface area (Å²) in [5, 5.41) is 3.02. The molecule has 0 saturated carbocycles. The molecule has 5 nitrogen and oxygen atoms in total. The van der Waals surface area contributed by atoms with Crippen LogP contribution in [-0.2, 0) is 17.6 Å². The lowest BCUT2D eigenvalue weighted by Gasteiger charge is -2.10. The van der Waals surface area contributed by atoms with Crippen molar-refractivity contribution in [1.29, 1.82) is 0 Å². The van der Waals surface area contributed by atoms with E-state index in [0.29, 0.717) is 19.4 Å². The molecule has 0 aliphatic carbocycles. The van der Waals surface area contributed by atoms with Gasteiger partial charge in [-0.25, -0.2) is 4.98 Å². The van der Waals surface area contributed by atoms with E-state index in [2.05, 4.69) is 28.1 Å². The lowest BCUT2D eigenvalue weighted by atomic mass is 10.1. The number of aromatic nitrogens is 2. The first-order chi connectivity index (χ1) is 14.7. The smallest absolute Gasteiger partial charge is 0.220 e. The van der Waals surface area contributed by atoms with Crippen LogP contribution in [-0.4, -0.2) is 29.1 Å². The van der Waals surface area contributed by atoms with Gasteiger partial charge in [-0.15, -0.1) is 0 Å². The normalized spacial score (nSPS) is 10.8. The third-order valence-corrected chi connectivity index (χ3v) is 5.12. The van der Waals surface area contributed by atoms with Crippen LogP contribution in [0.2, 0.25) is 0 Å². The molecule has 0 spiro atoms. The maximum Gasteiger partial charge on any atom is 0.220 e. The molecular weight excluding hydrogens is 374 g/mol. The Kier molecular flexibility index (Phi) is 6.09. The molecule has 152 valence electrons. The molecule has 1 aromatic heterocycles. The van der Waals surface area contributed by atoms with Crippen molar-refractivity contribution in [3.8, 4) is 11.4 Å². The van der Waals surface area contributed by atoms with Gasteiger partial charge >= 0.3 is 0 Å². The highest BCUT2D eigenvalue weighted by molar-refractivity contribution is 5.79. The molecule has 1 N–H and O–H groups in total. The average Bonchev–Trinajstić information content (AvgIpc) is 3.17. The fourth-order valence-corrected chi connectivity index (χ4v) is 3.56. The van der Waals surface area contributed by atoms with Crippen LogP contribution in [0.15, 0.2) is 78.9 Å². The Bertz CT molecular complexity index is 1120. The summed E-state index contributed by atoms with van der Waals surface area (Å²) in [5.74, 6) is 1.77. The van der Waals surface area contributed by atoms with Crippen molar-refractivity contribution in [2.75, 3.05) is 13.7 Å². The molecule has 0 fully saturated rings. The number of nitrogens with zero attached hydrogens (tertiary/aromatic N) is 2. The van der Waals surface area contributed by atoms with Crippen LogP contribution in [0.1, 0.15) is 17.8 Å². The Morgan fingerprint density at radius 3 is 2.43 bits per heavy atom. The first kappa shape index (κ1) is 19.7. The summed E-state index contributed by atoms with van der Waals surface area (Å²) in [6.07, 6.45) is 1.77. The monoisotopic (exact) mass is 399 g/mol. The van der Waals surface area contributed by atoms with E-state index >= 15 is 0 Å². The van der Waals surface area contributed by atoms with Crippen molar-refractivity contribution >= 4 is 16.9 Å². The number of hydrogen-bond donors (Lipinski definition) is 1. The maximum absolute atomic E-state index is 12.4. The van der Waals surface area contributed by atoms with Crippen LogP contribution < -0.4 is 10.1 Å². The van der Waals surface area contributed by atoms with Crippen LogP contribution in [0.25, 0.3) is 16.7 Å². The van der Waals surface area contributed by atoms with Crippen molar-refractivity contribution in [3.63, 3.8) is 0 Å². The number of fused-ring (bicyclic) bond motifs is 1. The minimum absolute atomic E-state index is 0.0372. The highest BCUT2D eigenvalue weighted by Gasteiger charge is 2.13. The maximum atomic E-state index is 12.4. The Balaban J connectivity index is 1.39. The van der Waals surface area contributed by atoms with E-state index in [0.717, 1.165) is 34.7 Å². The molecule has 0 atom stereocenters. The minimum atomic E-state index is 0.0372. The summed E-state index contributed by atoms with van der Waals surface area (Å²) in [4.78, 5) is 17.2. The van der Waals surface area contributed by atoms with Crippen LogP contribution >= 0.6 is 0 Å². The van der Waals surface area contributed by atoms with E-state index in [4.69, 9.17) is 9.72 Å². The Morgan fingerprint density at radius 1 is 0.933 bits per heavy atom. The number of aryl methyl sites for hydroxylation is 1. The van der Waals surface area contributed by atoms with Crippen LogP contribution in [0.4, 0.5) is 0 Å². The molecule has 3 aromatic carbocycles. The van der Waals surface area contributed by atoms with Gasteiger partial charge in [-0.2, -0.15) is 0 Å². The van der Waals surface area contributed by atoms with Crippen molar-refractivity contribution < 1.29 is 9.53 Å². The van der Waals surface area contributed by atoms with Crippen molar-refractivity contribution in [1.82, 2.24) is 14.9 Å². The van der Waals surface area contributed by atoms with Gasteiger partial charge in [0.25, 0.3) is 0 Å². The van der Waals surface area contributed by atoms with Crippen molar-refractivity contribution in [2.45, 2.75) is 19.3 Å². The number of ether oxygens (including phenoxy) is 1. The lowest BCUT2D eigenvalue weighted by molar-refractivity contribution is -0.121. The predicted molar refractivity (Wildman–Crippen MR) is 119 cm³/mol. The van der Waals surface area contributed by atoms with Gasteiger partial charge in [-0.1, -0.05) is 42.5 Å². The summed E-state index contributed by atoms with van der Waals surface area (Å²) in [6, 6.07) is 26.1. The van der Waals surface area contributed by atoms with E-state index in [9.17, 15) is 4.79 Å². The fraction of sp³-hybridized carbons (Fsp3) is 0.200. The van der Waals surface area contributed by atoms with Crippen LogP contribution in [0.5, 0.6) is 5.75 Å². The molecule has 5 heteroatoms. The molecule has 0 radical (unpaired) electrons. The average molecular weight is 399 g/mol. The van der Waals surface area contributed by atoms with E-state index < -0.39 is 0 Å². The number of para-hydroxylation sites is 3. The quantitative estimate of drug-likeness (QED) is 0.480. The number of carbonyl (C=O) groups is 1. The first-order valence-corrected chi connectivity index (χ1v) is 10.2. The molecule has 1 heterocycles. The van der Waals surface area contributed by atoms with Crippen LogP contribution in [0, 0.1) is 0 Å². The van der Waals surface area contributed by atoms with Gasteiger partial charge in [0.1, 0.15) is 11.6 Å². The molecular formula is C25H25N3O2. The third kappa shape index (κ3) is 4.51. The van der Waals surface area contributed by atoms with Gasteiger partial charge in [-0.05, 0) is 48.4 Å². The SMILES string of the molecule is COc1ccc(CCNC(=O)CCc2nc3ccccc3n2-c2ccccc2)cc1. The molecule has 0 saturated heterocycles. The van der Waals surface area contributed by atoms with E-state index in [-0.39, 0.29) is 5.91 Å². The zero-order valence-corrected chi connectivity index (χ0v) is 17.0. The van der Waals surface area contributed by atoms with Crippen molar-refractivity contribution in [3.05, 3.63) is 90.3 Å². The third-order valence-electron chi connectivity index (χ3n) is 5.12. The zero-order valence-electron chi connectivity index (χ0n) is 17.0. The molecule has 0 aliphatic heterocycles. The number of imidazole rings is 1. The van der Waals surface area contributed by atoms with E-state index in [1.165, 1.54) is 5.56 Å². The number of hydrogen-bond acceptors (Lipinski definition) is 3.